The molecule has 0 aromatic heterocycles. The average molecular weight is 1330 g/mol. The fourth-order valence-electron chi connectivity index (χ4n) is 11.3. The lowest BCUT2D eigenvalue weighted by molar-refractivity contribution is 0.0724. The lowest BCUT2D eigenvalue weighted by Crippen LogP contribution is -2.09. The summed E-state index contributed by atoms with van der Waals surface area (Å²) in [5, 5.41) is 1.39. The second-order valence-electron chi connectivity index (χ2n) is 24.9. The van der Waals surface area contributed by atoms with Crippen molar-refractivity contribution in [3.05, 3.63) is 215 Å². The number of carbonyl (C=O) groups is 4. The van der Waals surface area contributed by atoms with E-state index in [-0.39, 0.29) is 5.75 Å². The zero-order valence-electron chi connectivity index (χ0n) is 56.7. The van der Waals surface area contributed by atoms with Crippen LogP contribution in [0.3, 0.4) is 0 Å². The highest BCUT2D eigenvalue weighted by Gasteiger charge is 2.16. The first-order chi connectivity index (χ1) is 47.2. The Balaban J connectivity index is 0.700. The number of benzene rings is 8. The molecule has 0 saturated heterocycles. The van der Waals surface area contributed by atoms with E-state index in [1.807, 2.05) is 78.1 Å². The number of fused-ring (bicyclic) bond motifs is 1. The number of thioether (sulfide) groups is 2. The Morgan fingerprint density at radius 2 is 0.635 bits per heavy atom. The third kappa shape index (κ3) is 27.2. The summed E-state index contributed by atoms with van der Waals surface area (Å²) in [4.78, 5) is 64.2. The summed E-state index contributed by atoms with van der Waals surface area (Å²) in [7, 11) is 0. The Bertz CT molecular complexity index is 3640. The van der Waals surface area contributed by atoms with Gasteiger partial charge in [-0.05, 0) is 180 Å². The van der Waals surface area contributed by atoms with Crippen LogP contribution in [0.15, 0.2) is 202 Å². The molecule has 0 aliphatic rings. The van der Waals surface area contributed by atoms with Crippen LogP contribution in [0.25, 0.3) is 10.8 Å². The van der Waals surface area contributed by atoms with Crippen molar-refractivity contribution in [3.63, 3.8) is 0 Å². The van der Waals surface area contributed by atoms with Crippen LogP contribution in [0.4, 0.5) is 11.4 Å². The van der Waals surface area contributed by atoms with E-state index in [1.165, 1.54) is 180 Å². The molecule has 504 valence electrons. The van der Waals surface area contributed by atoms with Gasteiger partial charge in [-0.1, -0.05) is 223 Å². The van der Waals surface area contributed by atoms with Gasteiger partial charge in [0.15, 0.2) is 0 Å². The number of rotatable bonds is 44. The molecule has 0 atom stereocenters. The third-order valence-corrected chi connectivity index (χ3v) is 19.2. The third-order valence-electron chi connectivity index (χ3n) is 17.1. The van der Waals surface area contributed by atoms with Gasteiger partial charge in [-0.25, -0.2) is 19.2 Å². The molecule has 0 aliphatic heterocycles. The zero-order chi connectivity index (χ0) is 67.0. The molecule has 0 fully saturated rings. The van der Waals surface area contributed by atoms with Crippen LogP contribution in [0, 0.1) is 0 Å². The van der Waals surface area contributed by atoms with E-state index < -0.39 is 23.9 Å². The van der Waals surface area contributed by atoms with E-state index in [4.69, 9.17) is 18.9 Å². The quantitative estimate of drug-likeness (QED) is 0.0120. The van der Waals surface area contributed by atoms with Crippen molar-refractivity contribution in [2.75, 3.05) is 11.5 Å². The van der Waals surface area contributed by atoms with Crippen molar-refractivity contribution in [3.8, 4) is 23.0 Å². The lowest BCUT2D eigenvalue weighted by atomic mass is 10.0. The van der Waals surface area contributed by atoms with Crippen molar-refractivity contribution in [2.24, 2.45) is 9.98 Å². The SMILES string of the molecule is CCCCCCCCCCCCCCCCSc1ccc(C(=O)Oc2ccc(N=Cc3ccc(C(=O)Oc4ccc5cccc(OC(=O)c6ccc(C=Nc7ccc(OC(=O)c8ccc(SCCCCCCCCCCCCCCCC)cc8)cc7)cc6)c5c4)cc3)cc2)cc1. The summed E-state index contributed by atoms with van der Waals surface area (Å²) < 4.78 is 23.0. The first-order valence-electron chi connectivity index (χ1n) is 35.6. The van der Waals surface area contributed by atoms with E-state index in [0.717, 1.165) is 37.8 Å². The molecule has 12 heteroatoms. The molecule has 0 aliphatic carbocycles. The molecule has 10 nitrogen and oxygen atoms in total. The molecule has 0 amide bonds. The number of ether oxygens (including phenoxy) is 4. The van der Waals surface area contributed by atoms with Crippen molar-refractivity contribution in [1.82, 2.24) is 0 Å². The smallest absolute Gasteiger partial charge is 0.343 e. The fourth-order valence-corrected chi connectivity index (χ4v) is 13.1. The molecule has 0 N–H and O–H groups in total. The molecule has 0 saturated carbocycles. The molecule has 0 spiro atoms. The number of carbonyl (C=O) groups excluding carboxylic acids is 4. The number of unbranched alkanes of at least 4 members (excludes halogenated alkanes) is 26. The number of aliphatic imine (C=N–C) groups is 2. The molecular formula is C84H98N2O8S2. The Morgan fingerprint density at radius 3 is 1.00 bits per heavy atom. The van der Waals surface area contributed by atoms with Crippen LogP contribution >= 0.6 is 23.5 Å². The Labute approximate surface area is 579 Å². The maximum atomic E-state index is 13.5. The van der Waals surface area contributed by atoms with Gasteiger partial charge >= 0.3 is 23.9 Å². The maximum Gasteiger partial charge on any atom is 0.343 e. The Morgan fingerprint density at radius 1 is 0.323 bits per heavy atom. The summed E-state index contributed by atoms with van der Waals surface area (Å²) in [6.07, 6.45) is 41.4. The number of esters is 4. The van der Waals surface area contributed by atoms with Crippen LogP contribution in [0.2, 0.25) is 0 Å². The highest BCUT2D eigenvalue weighted by molar-refractivity contribution is 7.99. The molecule has 0 unspecified atom stereocenters. The van der Waals surface area contributed by atoms with E-state index in [9.17, 15) is 19.2 Å². The Kier molecular flexibility index (Phi) is 33.2. The molecule has 8 aromatic carbocycles. The van der Waals surface area contributed by atoms with Gasteiger partial charge in [0.05, 0.1) is 33.6 Å². The molecule has 0 heterocycles. The van der Waals surface area contributed by atoms with Gasteiger partial charge in [0, 0.05) is 27.6 Å². The fraction of sp³-hybridized carbons (Fsp3) is 0.381. The van der Waals surface area contributed by atoms with E-state index in [1.54, 1.807) is 140 Å². The van der Waals surface area contributed by atoms with Gasteiger partial charge in [-0.15, -0.1) is 23.5 Å². The van der Waals surface area contributed by atoms with Crippen molar-refractivity contribution in [2.45, 2.75) is 203 Å². The number of hydrogen-bond acceptors (Lipinski definition) is 12. The first kappa shape index (κ1) is 73.7. The summed E-state index contributed by atoms with van der Waals surface area (Å²) in [5.41, 5.74) is 4.54. The van der Waals surface area contributed by atoms with Crippen LogP contribution in [-0.2, 0) is 0 Å². The predicted octanol–water partition coefficient (Wildman–Crippen LogP) is 24.4. The summed E-state index contributed by atoms with van der Waals surface area (Å²) in [6, 6.07) is 53.6. The van der Waals surface area contributed by atoms with Crippen LogP contribution in [-0.4, -0.2) is 47.8 Å². The predicted molar refractivity (Wildman–Crippen MR) is 399 cm³/mol. The largest absolute Gasteiger partial charge is 0.423 e. The molecule has 0 radical (unpaired) electrons. The van der Waals surface area contributed by atoms with E-state index in [0.29, 0.717) is 56.3 Å². The van der Waals surface area contributed by atoms with Crippen molar-refractivity contribution in [1.29, 1.82) is 0 Å². The molecule has 0 bridgehead atoms. The maximum absolute atomic E-state index is 13.5. The van der Waals surface area contributed by atoms with Crippen molar-refractivity contribution < 1.29 is 38.1 Å². The average Bonchev–Trinajstić information content (AvgIpc) is 0.842. The summed E-state index contributed by atoms with van der Waals surface area (Å²) in [6.45, 7) is 4.55. The second-order valence-corrected chi connectivity index (χ2v) is 27.2. The van der Waals surface area contributed by atoms with Crippen LogP contribution in [0.5, 0.6) is 23.0 Å². The Hall–Kier alpha value is -8.06. The minimum absolute atomic E-state index is 0.285. The minimum atomic E-state index is -0.555. The van der Waals surface area contributed by atoms with Gasteiger partial charge in [0.25, 0.3) is 0 Å². The number of hydrogen-bond donors (Lipinski definition) is 0. The zero-order valence-corrected chi connectivity index (χ0v) is 58.3. The van der Waals surface area contributed by atoms with Crippen LogP contribution in [0.1, 0.15) is 246 Å². The first-order valence-corrected chi connectivity index (χ1v) is 37.5. The monoisotopic (exact) mass is 1330 g/mol. The summed E-state index contributed by atoms with van der Waals surface area (Å²) >= 11 is 3.67. The molecule has 8 rings (SSSR count). The standard InChI is InChI=1S/C84H98N2O8S2/c1-3-5-7-9-11-13-15-17-19-21-23-25-27-29-60-95-77-56-43-70(44-57-77)81(87)91-74-52-47-72(48-53-74)85-63-65-34-38-68(39-35-65)83(89)93-76-51-42-67-32-31-33-80(79(67)62-76)94-84(90)69-40-36-66(37-41-69)64-86-73-49-54-75(55-50-73)92-82(88)71-45-58-78(59-46-71)96-61-30-28-26-24-22-20-18-16-14-12-10-8-6-4-2/h31-59,62-64H,3-30,60-61H2,1-2H3. The van der Waals surface area contributed by atoms with Crippen molar-refractivity contribution >= 4 is 82.0 Å². The second kappa shape index (κ2) is 43.2. The molecule has 8 aromatic rings. The number of nitrogens with zero attached hydrogens (tertiary/aromatic N) is 2. The highest BCUT2D eigenvalue weighted by Crippen LogP contribution is 2.32. The topological polar surface area (TPSA) is 130 Å². The lowest BCUT2D eigenvalue weighted by Gasteiger charge is -2.10. The van der Waals surface area contributed by atoms with Gasteiger partial charge in [-0.2, -0.15) is 0 Å². The highest BCUT2D eigenvalue weighted by atomic mass is 32.2. The van der Waals surface area contributed by atoms with Gasteiger partial charge in [0.1, 0.15) is 23.0 Å². The van der Waals surface area contributed by atoms with Gasteiger partial charge in [-0.3, -0.25) is 9.98 Å². The van der Waals surface area contributed by atoms with Crippen LogP contribution < -0.4 is 18.9 Å². The van der Waals surface area contributed by atoms with Gasteiger partial charge < -0.3 is 18.9 Å². The molecular weight excluding hydrogens is 1230 g/mol. The molecule has 96 heavy (non-hydrogen) atoms. The normalized spacial score (nSPS) is 11.4. The minimum Gasteiger partial charge on any atom is -0.423 e. The van der Waals surface area contributed by atoms with E-state index in [2.05, 4.69) is 23.8 Å². The van der Waals surface area contributed by atoms with E-state index >= 15 is 0 Å². The summed E-state index contributed by atoms with van der Waals surface area (Å²) in [5.74, 6) is 1.65. The van der Waals surface area contributed by atoms with Gasteiger partial charge in [0.2, 0.25) is 0 Å².